The predicted molar refractivity (Wildman–Crippen MR) is 114 cm³/mol. The summed E-state index contributed by atoms with van der Waals surface area (Å²) >= 11 is 0. The summed E-state index contributed by atoms with van der Waals surface area (Å²) in [6.45, 7) is -2.06. The molecule has 2 aromatic carbocycles. The van der Waals surface area contributed by atoms with Crippen molar-refractivity contribution in [3.8, 4) is 11.5 Å². The second-order valence-electron chi connectivity index (χ2n) is 6.98. The number of carbonyl (C=O) groups excluding carboxylic acids is 1. The Morgan fingerprint density at radius 2 is 1.88 bits per heavy atom. The summed E-state index contributed by atoms with van der Waals surface area (Å²) in [7, 11) is -2.36. The summed E-state index contributed by atoms with van der Waals surface area (Å²) in [6.07, 6.45) is 3.92. The fourth-order valence-corrected chi connectivity index (χ4v) is 4.80. The Balaban J connectivity index is 1.69. The van der Waals surface area contributed by atoms with Gasteiger partial charge in [0.1, 0.15) is 0 Å². The van der Waals surface area contributed by atoms with Crippen LogP contribution in [-0.2, 0) is 10.0 Å². The molecule has 0 spiro atoms. The van der Waals surface area contributed by atoms with Crippen LogP contribution in [0.2, 0.25) is 0 Å². The lowest BCUT2D eigenvalue weighted by molar-refractivity contribution is -0.0512. The van der Waals surface area contributed by atoms with Crippen LogP contribution in [0.1, 0.15) is 35.2 Å². The molecule has 1 aliphatic rings. The number of hydrogen-bond donors (Lipinski definition) is 1. The maximum Gasteiger partial charge on any atom is 0.387 e. The molecule has 0 atom stereocenters. The summed E-state index contributed by atoms with van der Waals surface area (Å²) in [4.78, 5) is 12.5. The first-order chi connectivity index (χ1) is 15.3. The van der Waals surface area contributed by atoms with Crippen LogP contribution in [0.25, 0.3) is 0 Å². The van der Waals surface area contributed by atoms with Crippen molar-refractivity contribution in [2.45, 2.75) is 30.8 Å². The van der Waals surface area contributed by atoms with Gasteiger partial charge in [-0.2, -0.15) is 18.2 Å². The molecule has 0 aliphatic carbocycles. The molecule has 0 radical (unpaired) electrons. The van der Waals surface area contributed by atoms with Gasteiger partial charge in [0.05, 0.1) is 18.2 Å². The van der Waals surface area contributed by atoms with Crippen LogP contribution in [0.5, 0.6) is 11.5 Å². The topological polar surface area (TPSA) is 97.3 Å². The fourth-order valence-electron chi connectivity index (χ4n) is 3.24. The molecule has 8 nitrogen and oxygen atoms in total. The lowest BCUT2D eigenvalue weighted by Gasteiger charge is -2.25. The molecule has 1 fully saturated rings. The van der Waals surface area contributed by atoms with Gasteiger partial charge in [-0.3, -0.25) is 4.79 Å². The number of ether oxygens (including phenoxy) is 2. The van der Waals surface area contributed by atoms with E-state index in [4.69, 9.17) is 4.74 Å². The van der Waals surface area contributed by atoms with Crippen LogP contribution >= 0.6 is 0 Å². The molecule has 0 unspecified atom stereocenters. The lowest BCUT2D eigenvalue weighted by Crippen LogP contribution is -2.35. The third kappa shape index (κ3) is 5.80. The third-order valence-electron chi connectivity index (χ3n) is 4.83. The summed E-state index contributed by atoms with van der Waals surface area (Å²) < 4.78 is 61.2. The number of nitrogens with one attached hydrogen (secondary N) is 1. The number of hydrogen-bond acceptors (Lipinski definition) is 6. The monoisotopic (exact) mass is 467 g/mol. The molecule has 172 valence electrons. The normalized spacial score (nSPS) is 15.1. The van der Waals surface area contributed by atoms with Crippen molar-refractivity contribution in [3.63, 3.8) is 0 Å². The van der Waals surface area contributed by atoms with Crippen molar-refractivity contribution in [1.29, 1.82) is 0 Å². The Bertz CT molecular complexity index is 1090. The van der Waals surface area contributed by atoms with Gasteiger partial charge in [0.25, 0.3) is 5.91 Å². The van der Waals surface area contributed by atoms with Gasteiger partial charge in [-0.25, -0.2) is 13.8 Å². The number of rotatable bonds is 8. The number of hydrazone groups is 1. The number of methoxy groups -OCH3 is 1. The Morgan fingerprint density at radius 1 is 1.12 bits per heavy atom. The van der Waals surface area contributed by atoms with Crippen LogP contribution in [0.15, 0.2) is 52.5 Å². The number of carbonyl (C=O) groups is 1. The third-order valence-corrected chi connectivity index (χ3v) is 6.73. The molecule has 1 aliphatic heterocycles. The molecule has 11 heteroatoms. The Kier molecular flexibility index (Phi) is 7.75. The highest BCUT2D eigenvalue weighted by Gasteiger charge is 2.26. The highest BCUT2D eigenvalue weighted by Crippen LogP contribution is 2.29. The predicted octanol–water partition coefficient (Wildman–Crippen LogP) is 3.24. The fraction of sp³-hybridized carbons (Fsp3) is 0.333. The van der Waals surface area contributed by atoms with Crippen LogP contribution in [-0.4, -0.2) is 51.7 Å². The largest absolute Gasteiger partial charge is 0.493 e. The van der Waals surface area contributed by atoms with Crippen molar-refractivity contribution < 1.29 is 31.5 Å². The summed E-state index contributed by atoms with van der Waals surface area (Å²) in [5, 5.41) is 3.84. The number of sulfonamides is 1. The lowest BCUT2D eigenvalue weighted by atomic mass is 10.2. The molecular formula is C21H23F2N3O5S. The molecular weight excluding hydrogens is 444 g/mol. The van der Waals surface area contributed by atoms with Gasteiger partial charge in [0.15, 0.2) is 11.5 Å². The Hall–Kier alpha value is -3.05. The standard InChI is InChI=1S/C21H23F2N3O5S/c1-30-19-12-15(8-9-18(19)31-21(22)23)14-24-25-20(27)16-6-5-7-17(13-16)32(28,29)26-10-3-2-4-11-26/h5-9,12-14,21H,2-4,10-11H2,1H3,(H,25,27). The van der Waals surface area contributed by atoms with E-state index in [1.165, 1.54) is 60.1 Å². The minimum Gasteiger partial charge on any atom is -0.493 e. The number of piperidine rings is 1. The molecule has 32 heavy (non-hydrogen) atoms. The number of benzene rings is 2. The van der Waals surface area contributed by atoms with E-state index < -0.39 is 22.5 Å². The average molecular weight is 467 g/mol. The van der Waals surface area contributed by atoms with Gasteiger partial charge in [0, 0.05) is 18.7 Å². The average Bonchev–Trinajstić information content (AvgIpc) is 2.80. The van der Waals surface area contributed by atoms with Crippen molar-refractivity contribution in [2.24, 2.45) is 5.10 Å². The Morgan fingerprint density at radius 3 is 2.56 bits per heavy atom. The second-order valence-corrected chi connectivity index (χ2v) is 8.92. The smallest absolute Gasteiger partial charge is 0.387 e. The molecule has 0 saturated carbocycles. The van der Waals surface area contributed by atoms with Gasteiger partial charge in [-0.15, -0.1) is 0 Å². The first-order valence-corrected chi connectivity index (χ1v) is 11.3. The molecule has 0 bridgehead atoms. The van der Waals surface area contributed by atoms with Crippen molar-refractivity contribution >= 4 is 22.1 Å². The Labute approximate surface area is 184 Å². The van der Waals surface area contributed by atoms with Crippen molar-refractivity contribution in [2.75, 3.05) is 20.2 Å². The molecule has 2 aromatic rings. The number of amides is 1. The zero-order valence-electron chi connectivity index (χ0n) is 17.3. The van der Waals surface area contributed by atoms with E-state index in [1.54, 1.807) is 0 Å². The minimum absolute atomic E-state index is 0.0513. The highest BCUT2D eigenvalue weighted by atomic mass is 32.2. The zero-order valence-corrected chi connectivity index (χ0v) is 18.1. The van der Waals surface area contributed by atoms with Crippen LogP contribution in [0.4, 0.5) is 8.78 Å². The van der Waals surface area contributed by atoms with E-state index in [1.807, 2.05) is 0 Å². The van der Waals surface area contributed by atoms with Gasteiger partial charge >= 0.3 is 6.61 Å². The van der Waals surface area contributed by atoms with Crippen molar-refractivity contribution in [3.05, 3.63) is 53.6 Å². The molecule has 0 aromatic heterocycles. The van der Waals surface area contributed by atoms with Crippen LogP contribution in [0, 0.1) is 0 Å². The maximum atomic E-state index is 12.8. The maximum absolute atomic E-state index is 12.8. The summed E-state index contributed by atoms with van der Waals surface area (Å²) in [6, 6.07) is 9.93. The first kappa shape index (κ1) is 23.6. The number of alkyl halides is 2. The molecule has 3 rings (SSSR count). The highest BCUT2D eigenvalue weighted by molar-refractivity contribution is 7.89. The van der Waals surface area contributed by atoms with Gasteiger partial charge < -0.3 is 9.47 Å². The van der Waals surface area contributed by atoms with E-state index in [9.17, 15) is 22.0 Å². The molecule has 1 saturated heterocycles. The zero-order chi connectivity index (χ0) is 23.1. The number of nitrogens with zero attached hydrogens (tertiary/aromatic N) is 2. The second kappa shape index (κ2) is 10.5. The minimum atomic E-state index is -3.67. The van der Waals surface area contributed by atoms with Crippen LogP contribution in [0.3, 0.4) is 0 Å². The van der Waals surface area contributed by atoms with E-state index in [2.05, 4.69) is 15.3 Å². The SMILES string of the molecule is COc1cc(C=NNC(=O)c2cccc(S(=O)(=O)N3CCCCC3)c2)ccc1OC(F)F. The molecule has 1 N–H and O–H groups in total. The van der Waals surface area contributed by atoms with Gasteiger partial charge in [-0.05, 0) is 54.8 Å². The molecule has 1 amide bonds. The number of halogens is 2. The van der Waals surface area contributed by atoms with Crippen LogP contribution < -0.4 is 14.9 Å². The summed E-state index contributed by atoms with van der Waals surface area (Å²) in [5.74, 6) is -0.645. The van der Waals surface area contributed by atoms with E-state index >= 15 is 0 Å². The van der Waals surface area contributed by atoms with E-state index in [0.29, 0.717) is 18.7 Å². The van der Waals surface area contributed by atoms with Gasteiger partial charge in [0.2, 0.25) is 10.0 Å². The van der Waals surface area contributed by atoms with Gasteiger partial charge in [-0.1, -0.05) is 12.5 Å². The van der Waals surface area contributed by atoms with E-state index in [-0.39, 0.29) is 22.0 Å². The van der Waals surface area contributed by atoms with Crippen molar-refractivity contribution in [1.82, 2.24) is 9.73 Å². The molecule has 1 heterocycles. The summed E-state index contributed by atoms with van der Waals surface area (Å²) in [5.41, 5.74) is 2.92. The first-order valence-electron chi connectivity index (χ1n) is 9.88. The van der Waals surface area contributed by atoms with E-state index in [0.717, 1.165) is 19.3 Å². The quantitative estimate of drug-likeness (QED) is 0.475.